The molecule has 0 radical (unpaired) electrons. The second-order valence-corrected chi connectivity index (χ2v) is 16.6. The first-order valence-electron chi connectivity index (χ1n) is 20.5. The van der Waals surface area contributed by atoms with Gasteiger partial charge in [-0.05, 0) is 65.9 Å². The van der Waals surface area contributed by atoms with Crippen molar-refractivity contribution in [1.82, 2.24) is 36.8 Å². The van der Waals surface area contributed by atoms with Gasteiger partial charge in [0.2, 0.25) is 41.4 Å². The highest BCUT2D eigenvalue weighted by atomic mass is 16.5. The summed E-state index contributed by atoms with van der Waals surface area (Å²) in [6.07, 6.45) is 3.10. The average molecular weight is 840 g/mol. The predicted molar refractivity (Wildman–Crippen MR) is 224 cm³/mol. The second kappa shape index (κ2) is 21.9. The minimum Gasteiger partial charge on any atom is -0.394 e. The Hall–Kier alpha value is -5.13. The molecule has 332 valence electrons. The van der Waals surface area contributed by atoms with Crippen molar-refractivity contribution in [2.24, 2.45) is 5.92 Å². The van der Waals surface area contributed by atoms with E-state index in [1.165, 1.54) is 30.9 Å². The van der Waals surface area contributed by atoms with Gasteiger partial charge in [0, 0.05) is 13.0 Å². The normalized spacial score (nSPS) is 26.8. The van der Waals surface area contributed by atoms with Gasteiger partial charge in [0.1, 0.15) is 42.3 Å². The standard InChI is InChI=1S/C43H65N7O10/c1-11-25(4)33-39(56)44-26(5)41(58)50-21-17-20-32(50)38(55)45-29(22-28-18-15-14-16-19-28)35(52)46-30(23-51)36(53)49-34(27(6)60-43(9,10)13-3)40(57)47-31(37(54)48-33)24-59-42(7,8)12-2/h12-16,18-19,25-27,29-34,51H,2-3,11,17,20-24H2,1,4-10H3,(H,44,56)(H,45,55)(H,46,52)(H,47,57)(H,48,54)(H,49,53)/t25-,26-,27+,29-,30-,31-,32-,33-,34-/m0/s1. The van der Waals surface area contributed by atoms with E-state index in [-0.39, 0.29) is 19.4 Å². The average Bonchev–Trinajstić information content (AvgIpc) is 3.71. The van der Waals surface area contributed by atoms with Crippen LogP contribution in [0.15, 0.2) is 55.6 Å². The van der Waals surface area contributed by atoms with E-state index in [4.69, 9.17) is 9.47 Å². The van der Waals surface area contributed by atoms with Crippen LogP contribution in [0.4, 0.5) is 0 Å². The first kappa shape index (κ1) is 49.2. The number of fused-ring (bicyclic) bond motifs is 1. The summed E-state index contributed by atoms with van der Waals surface area (Å²) >= 11 is 0. The van der Waals surface area contributed by atoms with E-state index >= 15 is 0 Å². The number of nitrogens with one attached hydrogen (secondary N) is 6. The molecule has 2 aliphatic heterocycles. The lowest BCUT2D eigenvalue weighted by Crippen LogP contribution is -2.63. The number of hydrogen-bond donors (Lipinski definition) is 7. The third-order valence-corrected chi connectivity index (χ3v) is 10.9. The van der Waals surface area contributed by atoms with E-state index < -0.39 is 120 Å². The third kappa shape index (κ3) is 13.7. The molecule has 2 heterocycles. The molecule has 9 atom stereocenters. The van der Waals surface area contributed by atoms with E-state index in [9.17, 15) is 38.7 Å². The van der Waals surface area contributed by atoms with Crippen LogP contribution in [-0.4, -0.2) is 131 Å². The van der Waals surface area contributed by atoms with Crippen LogP contribution < -0.4 is 31.9 Å². The fourth-order valence-corrected chi connectivity index (χ4v) is 6.71. The number of carbonyl (C=O) groups is 7. The zero-order chi connectivity index (χ0) is 44.9. The van der Waals surface area contributed by atoms with Crippen LogP contribution >= 0.6 is 0 Å². The van der Waals surface area contributed by atoms with E-state index in [0.717, 1.165) is 0 Å². The Morgan fingerprint density at radius 2 is 1.32 bits per heavy atom. The van der Waals surface area contributed by atoms with Crippen molar-refractivity contribution in [1.29, 1.82) is 0 Å². The number of amides is 7. The highest BCUT2D eigenvalue weighted by Crippen LogP contribution is 2.21. The van der Waals surface area contributed by atoms with Crippen molar-refractivity contribution in [2.75, 3.05) is 19.8 Å². The maximum atomic E-state index is 14.3. The fraction of sp³-hybridized carbons (Fsp3) is 0.605. The number of benzene rings is 1. The van der Waals surface area contributed by atoms with Crippen LogP contribution in [-0.2, 0) is 49.5 Å². The van der Waals surface area contributed by atoms with Gasteiger partial charge in [-0.1, -0.05) is 62.8 Å². The minimum atomic E-state index is -1.62. The molecule has 60 heavy (non-hydrogen) atoms. The van der Waals surface area contributed by atoms with Gasteiger partial charge in [-0.15, -0.1) is 13.2 Å². The molecule has 2 saturated heterocycles. The highest BCUT2D eigenvalue weighted by Gasteiger charge is 2.41. The molecule has 2 aliphatic rings. The molecular formula is C43H65N7O10. The molecule has 7 N–H and O–H groups in total. The third-order valence-electron chi connectivity index (χ3n) is 10.9. The molecule has 2 fully saturated rings. The first-order chi connectivity index (χ1) is 28.2. The maximum Gasteiger partial charge on any atom is 0.245 e. The Morgan fingerprint density at radius 1 is 0.767 bits per heavy atom. The monoisotopic (exact) mass is 839 g/mol. The van der Waals surface area contributed by atoms with Gasteiger partial charge in [-0.3, -0.25) is 33.6 Å². The zero-order valence-electron chi connectivity index (χ0n) is 36.2. The zero-order valence-corrected chi connectivity index (χ0v) is 36.2. The predicted octanol–water partition coefficient (Wildman–Crippen LogP) is 0.552. The number of hydrogen-bond acceptors (Lipinski definition) is 10. The van der Waals surface area contributed by atoms with Crippen LogP contribution in [0.25, 0.3) is 0 Å². The lowest BCUT2D eigenvalue weighted by atomic mass is 9.97. The van der Waals surface area contributed by atoms with Gasteiger partial charge in [0.05, 0.1) is 30.5 Å². The summed E-state index contributed by atoms with van der Waals surface area (Å²) < 4.78 is 12.1. The summed E-state index contributed by atoms with van der Waals surface area (Å²) in [5.74, 6) is -5.80. The molecule has 1 aromatic carbocycles. The summed E-state index contributed by atoms with van der Waals surface area (Å²) in [6, 6.07) is -0.346. The van der Waals surface area contributed by atoms with Crippen LogP contribution in [0.2, 0.25) is 0 Å². The van der Waals surface area contributed by atoms with Crippen molar-refractivity contribution in [2.45, 2.75) is 141 Å². The van der Waals surface area contributed by atoms with Crippen LogP contribution in [0.5, 0.6) is 0 Å². The van der Waals surface area contributed by atoms with Gasteiger partial charge >= 0.3 is 0 Å². The smallest absolute Gasteiger partial charge is 0.245 e. The first-order valence-corrected chi connectivity index (χ1v) is 20.5. The number of ether oxygens (including phenoxy) is 2. The van der Waals surface area contributed by atoms with Crippen LogP contribution in [0, 0.1) is 5.92 Å². The molecule has 1 aromatic rings. The highest BCUT2D eigenvalue weighted by molar-refractivity contribution is 5.99. The quantitative estimate of drug-likeness (QED) is 0.136. The fourth-order valence-electron chi connectivity index (χ4n) is 6.71. The van der Waals surface area contributed by atoms with Gasteiger partial charge in [0.15, 0.2) is 0 Å². The van der Waals surface area contributed by atoms with Crippen molar-refractivity contribution < 1.29 is 48.1 Å². The van der Waals surface area contributed by atoms with Gasteiger partial charge < -0.3 is 51.4 Å². The van der Waals surface area contributed by atoms with Crippen molar-refractivity contribution in [3.8, 4) is 0 Å². The molecular weight excluding hydrogens is 775 g/mol. The largest absolute Gasteiger partial charge is 0.394 e. The number of rotatable bonds is 13. The molecule has 0 bridgehead atoms. The minimum absolute atomic E-state index is 0.0119. The topological polar surface area (TPSA) is 234 Å². The van der Waals surface area contributed by atoms with E-state index in [1.807, 2.05) is 6.92 Å². The summed E-state index contributed by atoms with van der Waals surface area (Å²) in [5, 5.41) is 26.3. The molecule has 17 heteroatoms. The Bertz CT molecular complexity index is 1720. The van der Waals surface area contributed by atoms with Gasteiger partial charge in [0.25, 0.3) is 0 Å². The number of aliphatic hydroxyl groups excluding tert-OH is 1. The summed E-state index contributed by atoms with van der Waals surface area (Å²) in [7, 11) is 0. The molecule has 17 nitrogen and oxygen atoms in total. The molecule has 3 rings (SSSR count). The summed E-state index contributed by atoms with van der Waals surface area (Å²) in [6.45, 7) is 19.8. The number of nitrogens with zero attached hydrogens (tertiary/aromatic N) is 1. The van der Waals surface area contributed by atoms with Crippen molar-refractivity contribution >= 4 is 41.4 Å². The summed E-state index contributed by atoms with van der Waals surface area (Å²) in [5.41, 5.74) is -1.29. The second-order valence-electron chi connectivity index (χ2n) is 16.6. The molecule has 0 spiro atoms. The van der Waals surface area contributed by atoms with E-state index in [0.29, 0.717) is 18.4 Å². The Labute approximate surface area is 353 Å². The van der Waals surface area contributed by atoms with Gasteiger partial charge in [-0.2, -0.15) is 0 Å². The Kier molecular flexibility index (Phi) is 18.0. The number of aliphatic hydroxyl groups is 1. The van der Waals surface area contributed by atoms with E-state index in [1.54, 1.807) is 65.0 Å². The van der Waals surface area contributed by atoms with Crippen LogP contribution in [0.3, 0.4) is 0 Å². The Morgan fingerprint density at radius 3 is 1.92 bits per heavy atom. The molecule has 0 unspecified atom stereocenters. The molecule has 0 aromatic heterocycles. The molecule has 7 amide bonds. The van der Waals surface area contributed by atoms with E-state index in [2.05, 4.69) is 45.1 Å². The van der Waals surface area contributed by atoms with Gasteiger partial charge in [-0.25, -0.2) is 0 Å². The maximum absolute atomic E-state index is 14.3. The van der Waals surface area contributed by atoms with Crippen LogP contribution in [0.1, 0.15) is 80.2 Å². The lowest BCUT2D eigenvalue weighted by Gasteiger charge is -2.33. The number of carbonyl (C=O) groups excluding carboxylic acids is 7. The Balaban J connectivity index is 2.16. The SMILES string of the molecule is C=CC(C)(C)OC[C@@H]1NC(=O)[C@H]([C@@H](C)OC(C)(C)C=C)NC(=O)[C@H](CO)NC(=O)[C@H](Cc2ccccc2)NC(=O)[C@@H]2CCCN2C(=O)[C@H](C)NC(=O)[C@H]([C@@H](C)CC)NC1=O. The lowest BCUT2D eigenvalue weighted by molar-refractivity contribution is -0.142. The summed E-state index contributed by atoms with van der Waals surface area (Å²) in [4.78, 5) is 99.5. The molecule has 0 saturated carbocycles. The molecule has 0 aliphatic carbocycles. The van der Waals surface area contributed by atoms with Crippen molar-refractivity contribution in [3.63, 3.8) is 0 Å². The van der Waals surface area contributed by atoms with Crippen molar-refractivity contribution in [3.05, 3.63) is 61.2 Å².